The van der Waals surface area contributed by atoms with E-state index in [4.69, 9.17) is 4.74 Å². The maximum atomic E-state index is 11.7. The van der Waals surface area contributed by atoms with Gasteiger partial charge in [-0.15, -0.1) is 0 Å². The Morgan fingerprint density at radius 1 is 1.32 bits per heavy atom. The number of imide groups is 1. The Morgan fingerprint density at radius 3 is 2.53 bits per heavy atom. The van der Waals surface area contributed by atoms with Gasteiger partial charge in [0.2, 0.25) is 11.8 Å². The van der Waals surface area contributed by atoms with Crippen molar-refractivity contribution in [2.24, 2.45) is 0 Å². The maximum absolute atomic E-state index is 11.7. The van der Waals surface area contributed by atoms with Crippen LogP contribution in [0.15, 0.2) is 24.3 Å². The first kappa shape index (κ1) is 13.5. The molecule has 102 valence electrons. The van der Waals surface area contributed by atoms with Crippen molar-refractivity contribution >= 4 is 11.8 Å². The maximum Gasteiger partial charge on any atom is 0.246 e. The van der Waals surface area contributed by atoms with E-state index in [-0.39, 0.29) is 24.3 Å². The van der Waals surface area contributed by atoms with Crippen LogP contribution in [0.4, 0.5) is 0 Å². The Bertz CT molecular complexity index is 470. The van der Waals surface area contributed by atoms with Crippen molar-refractivity contribution in [1.82, 2.24) is 10.2 Å². The largest absolute Gasteiger partial charge is 0.497 e. The van der Waals surface area contributed by atoms with Gasteiger partial charge in [0.15, 0.2) is 0 Å². The molecule has 1 saturated heterocycles. The Morgan fingerprint density at radius 2 is 2.00 bits per heavy atom. The molecule has 1 unspecified atom stereocenters. The highest BCUT2D eigenvalue weighted by Gasteiger charge is 2.35. The fourth-order valence-electron chi connectivity index (χ4n) is 2.10. The minimum absolute atomic E-state index is 0.119. The standard InChI is InChI=1S/C14H18N2O3/c1-16-13(17)9-12(14(16)18)15-8-7-10-3-5-11(19-2)6-4-10/h3-6,12,15H,7-9H2,1-2H3. The third-order valence-corrected chi connectivity index (χ3v) is 3.34. The van der Waals surface area contributed by atoms with E-state index in [9.17, 15) is 9.59 Å². The number of likely N-dealkylation sites (N-methyl/N-ethyl adjacent to an activating group) is 1. The summed E-state index contributed by atoms with van der Waals surface area (Å²) in [5.74, 6) is 0.571. The molecule has 0 aliphatic carbocycles. The van der Waals surface area contributed by atoms with Crippen LogP contribution in [0.2, 0.25) is 0 Å². The van der Waals surface area contributed by atoms with Crippen LogP contribution >= 0.6 is 0 Å². The fraction of sp³-hybridized carbons (Fsp3) is 0.429. The highest BCUT2D eigenvalue weighted by molar-refractivity contribution is 6.05. The number of nitrogens with zero attached hydrogens (tertiary/aromatic N) is 1. The second kappa shape index (κ2) is 5.84. The van der Waals surface area contributed by atoms with Crippen LogP contribution in [-0.4, -0.2) is 43.5 Å². The number of likely N-dealkylation sites (tertiary alicyclic amines) is 1. The molecule has 2 rings (SSSR count). The third kappa shape index (κ3) is 3.12. The first-order valence-corrected chi connectivity index (χ1v) is 6.28. The summed E-state index contributed by atoms with van der Waals surface area (Å²) in [7, 11) is 3.16. The van der Waals surface area contributed by atoms with Gasteiger partial charge in [-0.2, -0.15) is 0 Å². The van der Waals surface area contributed by atoms with E-state index in [1.807, 2.05) is 24.3 Å². The number of benzene rings is 1. The molecule has 1 heterocycles. The lowest BCUT2D eigenvalue weighted by molar-refractivity contribution is -0.137. The molecule has 1 aliphatic rings. The molecule has 2 amide bonds. The lowest BCUT2D eigenvalue weighted by atomic mass is 10.1. The second-order valence-electron chi connectivity index (χ2n) is 4.60. The summed E-state index contributed by atoms with van der Waals surface area (Å²) in [6.45, 7) is 0.670. The van der Waals surface area contributed by atoms with Crippen molar-refractivity contribution in [3.05, 3.63) is 29.8 Å². The number of carbonyl (C=O) groups is 2. The SMILES string of the molecule is COc1ccc(CCNC2CC(=O)N(C)C2=O)cc1. The molecule has 1 fully saturated rings. The second-order valence-corrected chi connectivity index (χ2v) is 4.60. The molecule has 0 bridgehead atoms. The molecule has 1 N–H and O–H groups in total. The van der Waals surface area contributed by atoms with Crippen LogP contribution in [0.1, 0.15) is 12.0 Å². The number of methoxy groups -OCH3 is 1. The van der Waals surface area contributed by atoms with E-state index in [0.717, 1.165) is 12.2 Å². The lowest BCUT2D eigenvalue weighted by Crippen LogP contribution is -2.38. The molecule has 1 aromatic carbocycles. The molecular formula is C14H18N2O3. The Kier molecular flexibility index (Phi) is 4.16. The molecule has 19 heavy (non-hydrogen) atoms. The van der Waals surface area contributed by atoms with Gasteiger partial charge in [0.1, 0.15) is 5.75 Å². The highest BCUT2D eigenvalue weighted by atomic mass is 16.5. The summed E-state index contributed by atoms with van der Waals surface area (Å²) in [5.41, 5.74) is 1.17. The minimum Gasteiger partial charge on any atom is -0.497 e. The van der Waals surface area contributed by atoms with Crippen LogP contribution in [0.5, 0.6) is 5.75 Å². The predicted octanol–water partition coefficient (Wildman–Crippen LogP) is 0.585. The molecule has 1 atom stereocenters. The molecule has 1 aliphatic heterocycles. The summed E-state index contributed by atoms with van der Waals surface area (Å²) in [5, 5.41) is 3.13. The van der Waals surface area contributed by atoms with Crippen molar-refractivity contribution in [1.29, 1.82) is 0 Å². The number of carbonyl (C=O) groups excluding carboxylic acids is 2. The molecule has 0 saturated carbocycles. The number of nitrogens with one attached hydrogen (secondary N) is 1. The Labute approximate surface area is 112 Å². The van der Waals surface area contributed by atoms with Gasteiger partial charge in [0.05, 0.1) is 19.6 Å². The van der Waals surface area contributed by atoms with E-state index in [1.54, 1.807) is 7.11 Å². The van der Waals surface area contributed by atoms with Crippen LogP contribution in [0.25, 0.3) is 0 Å². The molecule has 1 aromatic rings. The average Bonchev–Trinajstić information content (AvgIpc) is 2.67. The van der Waals surface area contributed by atoms with Crippen LogP contribution in [-0.2, 0) is 16.0 Å². The van der Waals surface area contributed by atoms with E-state index in [1.165, 1.54) is 17.5 Å². The average molecular weight is 262 g/mol. The molecule has 5 heteroatoms. The van der Waals surface area contributed by atoms with Gasteiger partial charge in [0, 0.05) is 7.05 Å². The zero-order valence-corrected chi connectivity index (χ0v) is 11.2. The molecule has 0 spiro atoms. The number of rotatable bonds is 5. The van der Waals surface area contributed by atoms with Gasteiger partial charge in [-0.3, -0.25) is 14.5 Å². The van der Waals surface area contributed by atoms with E-state index in [0.29, 0.717) is 6.54 Å². The first-order chi connectivity index (χ1) is 9.11. The molecule has 5 nitrogen and oxygen atoms in total. The summed E-state index contributed by atoms with van der Waals surface area (Å²) in [6.07, 6.45) is 1.07. The van der Waals surface area contributed by atoms with E-state index < -0.39 is 0 Å². The summed E-state index contributed by atoms with van der Waals surface area (Å²) >= 11 is 0. The summed E-state index contributed by atoms with van der Waals surface area (Å²) in [6, 6.07) is 7.44. The van der Waals surface area contributed by atoms with Crippen molar-refractivity contribution < 1.29 is 14.3 Å². The van der Waals surface area contributed by atoms with E-state index >= 15 is 0 Å². The van der Waals surface area contributed by atoms with Crippen LogP contribution in [0.3, 0.4) is 0 Å². The van der Waals surface area contributed by atoms with Crippen molar-refractivity contribution in [2.45, 2.75) is 18.9 Å². The number of hydrogen-bond acceptors (Lipinski definition) is 4. The van der Waals surface area contributed by atoms with Gasteiger partial charge in [0.25, 0.3) is 0 Å². The van der Waals surface area contributed by atoms with Crippen LogP contribution < -0.4 is 10.1 Å². The quantitative estimate of drug-likeness (QED) is 0.789. The van der Waals surface area contributed by atoms with Crippen molar-refractivity contribution in [3.63, 3.8) is 0 Å². The van der Waals surface area contributed by atoms with Gasteiger partial charge >= 0.3 is 0 Å². The normalized spacial score (nSPS) is 19.1. The lowest BCUT2D eigenvalue weighted by Gasteiger charge is -2.11. The fourth-order valence-corrected chi connectivity index (χ4v) is 2.10. The number of hydrogen-bond donors (Lipinski definition) is 1. The highest BCUT2D eigenvalue weighted by Crippen LogP contribution is 2.13. The third-order valence-electron chi connectivity index (χ3n) is 3.34. The monoisotopic (exact) mass is 262 g/mol. The van der Waals surface area contributed by atoms with Crippen molar-refractivity contribution in [2.75, 3.05) is 20.7 Å². The minimum atomic E-state index is -0.365. The number of amides is 2. The molecule has 0 radical (unpaired) electrons. The Balaban J connectivity index is 1.80. The molecular weight excluding hydrogens is 244 g/mol. The molecule has 0 aromatic heterocycles. The zero-order valence-electron chi connectivity index (χ0n) is 11.2. The van der Waals surface area contributed by atoms with Gasteiger partial charge in [-0.1, -0.05) is 12.1 Å². The van der Waals surface area contributed by atoms with Crippen LogP contribution in [0, 0.1) is 0 Å². The smallest absolute Gasteiger partial charge is 0.246 e. The predicted molar refractivity (Wildman–Crippen MR) is 70.9 cm³/mol. The topological polar surface area (TPSA) is 58.6 Å². The zero-order chi connectivity index (χ0) is 13.8. The van der Waals surface area contributed by atoms with Crippen molar-refractivity contribution in [3.8, 4) is 5.75 Å². The first-order valence-electron chi connectivity index (χ1n) is 6.28. The van der Waals surface area contributed by atoms with Gasteiger partial charge < -0.3 is 10.1 Å². The summed E-state index contributed by atoms with van der Waals surface area (Å²) in [4.78, 5) is 24.2. The van der Waals surface area contributed by atoms with Gasteiger partial charge in [-0.25, -0.2) is 0 Å². The number of ether oxygens (including phenoxy) is 1. The summed E-state index contributed by atoms with van der Waals surface area (Å²) < 4.78 is 5.09. The van der Waals surface area contributed by atoms with Gasteiger partial charge in [-0.05, 0) is 30.7 Å². The Hall–Kier alpha value is -1.88. The van der Waals surface area contributed by atoms with E-state index in [2.05, 4.69) is 5.32 Å².